The van der Waals surface area contributed by atoms with E-state index < -0.39 is 0 Å². The molecule has 1 radical (unpaired) electrons. The Kier molecular flexibility index (Phi) is 17.0. The molecule has 0 aliphatic heterocycles. The molecule has 0 aromatic carbocycles. The Morgan fingerprint density at radius 3 is 2.00 bits per heavy atom. The molecule has 1 heteroatoms. The van der Waals surface area contributed by atoms with Crippen LogP contribution in [0.1, 0.15) is 6.92 Å². The van der Waals surface area contributed by atoms with Gasteiger partial charge in [0, 0.05) is 0 Å². The van der Waals surface area contributed by atoms with Gasteiger partial charge in [-0.1, -0.05) is 31.7 Å². The Bertz CT molecular complexity index is 55.2. The second-order valence-corrected chi connectivity index (χ2v) is 0.954. The maximum atomic E-state index is 3.49. The van der Waals surface area contributed by atoms with Gasteiger partial charge in [-0.3, -0.25) is 0 Å². The van der Waals surface area contributed by atoms with E-state index in [0.29, 0.717) is 0 Å². The molecule has 0 amide bonds. The molecule has 7 heavy (non-hydrogen) atoms. The summed E-state index contributed by atoms with van der Waals surface area (Å²) in [7, 11) is 0. The van der Waals surface area contributed by atoms with Crippen molar-refractivity contribution < 1.29 is 68.9 Å². The van der Waals surface area contributed by atoms with Crippen molar-refractivity contribution in [3.8, 4) is 0 Å². The Labute approximate surface area is 104 Å². The number of rotatable bonds is 2. The van der Waals surface area contributed by atoms with E-state index in [4.69, 9.17) is 0 Å². The van der Waals surface area contributed by atoms with Gasteiger partial charge in [-0.15, -0.1) is 0 Å². The number of allylic oxidation sites excluding steroid dienone is 3. The molecule has 33 valence electrons. The normalized spacial score (nSPS) is 8.14. The summed E-state index contributed by atoms with van der Waals surface area (Å²) in [6.45, 7) is 5.46. The minimum Gasteiger partial charge on any atom is -0.0991 e. The predicted octanol–water partition coefficient (Wildman–Crippen LogP) is -1.04. The van der Waals surface area contributed by atoms with Crippen molar-refractivity contribution in [1.29, 1.82) is 0 Å². The van der Waals surface area contributed by atoms with Crippen LogP contribution in [0.2, 0.25) is 0 Å². The molecule has 0 spiro atoms. The fourth-order valence-electron chi connectivity index (χ4n) is 0.190. The monoisotopic (exact) mass is 214 g/mol. The van der Waals surface area contributed by atoms with Crippen LogP contribution in [-0.4, -0.2) is 0 Å². The minimum absolute atomic E-state index is 0. The summed E-state index contributed by atoms with van der Waals surface area (Å²) in [5, 5.41) is 0. The molecule has 0 aromatic heterocycles. The Morgan fingerprint density at radius 2 is 1.86 bits per heavy atom. The van der Waals surface area contributed by atoms with E-state index in [1.807, 2.05) is 25.5 Å². The second-order valence-electron chi connectivity index (χ2n) is 0.954. The van der Waals surface area contributed by atoms with Gasteiger partial charge in [-0.05, 0) is 6.42 Å². The van der Waals surface area contributed by atoms with Crippen LogP contribution in [0, 0.1) is 6.42 Å². The molecule has 0 saturated carbocycles. The molecule has 0 atom stereocenters. The molecule has 0 rings (SSSR count). The molecule has 0 unspecified atom stereocenters. The van der Waals surface area contributed by atoms with Crippen molar-refractivity contribution >= 4 is 0 Å². The second kappa shape index (κ2) is 10.5. The predicted molar refractivity (Wildman–Crippen MR) is 29.3 cm³/mol. The molecular formula is C6H9Cs+. The summed E-state index contributed by atoms with van der Waals surface area (Å²) >= 11 is 0. The maximum absolute atomic E-state index is 3.49. The zero-order valence-corrected chi connectivity index (χ0v) is 11.3. The fraction of sp³-hybridized carbons (Fsp3) is 0.167. The van der Waals surface area contributed by atoms with Crippen LogP contribution in [0.3, 0.4) is 0 Å². The van der Waals surface area contributed by atoms with E-state index in [-0.39, 0.29) is 68.9 Å². The van der Waals surface area contributed by atoms with E-state index >= 15 is 0 Å². The third-order valence-corrected chi connectivity index (χ3v) is 0.440. The average molecular weight is 214 g/mol. The van der Waals surface area contributed by atoms with Crippen molar-refractivity contribution in [3.63, 3.8) is 0 Å². The Morgan fingerprint density at radius 1 is 1.29 bits per heavy atom. The average Bonchev–Trinajstić information content (AvgIpc) is 1.61. The van der Waals surface area contributed by atoms with Gasteiger partial charge in [-0.25, -0.2) is 0 Å². The quantitative estimate of drug-likeness (QED) is 0.515. The standard InChI is InChI=1S/C6H9.Cs/c1-3-5-6-4-2;/h3-6H,1H2,2H3;/q;+1/b6-5-;. The van der Waals surface area contributed by atoms with Crippen LogP contribution >= 0.6 is 0 Å². The van der Waals surface area contributed by atoms with E-state index in [1.54, 1.807) is 6.08 Å². The first-order valence-electron chi connectivity index (χ1n) is 1.99. The van der Waals surface area contributed by atoms with Crippen molar-refractivity contribution in [2.75, 3.05) is 0 Å². The summed E-state index contributed by atoms with van der Waals surface area (Å²) in [5.74, 6) is 0. The molecule has 0 aromatic rings. The van der Waals surface area contributed by atoms with Crippen LogP contribution in [0.4, 0.5) is 0 Å². The van der Waals surface area contributed by atoms with Crippen LogP contribution in [0.25, 0.3) is 0 Å². The molecular weight excluding hydrogens is 205 g/mol. The van der Waals surface area contributed by atoms with E-state index in [2.05, 4.69) is 6.58 Å². The SMILES string of the molecule is C=C/C=C\[CH]C.[Cs+]. The van der Waals surface area contributed by atoms with Gasteiger partial charge in [0.1, 0.15) is 0 Å². The first-order chi connectivity index (χ1) is 2.91. The third kappa shape index (κ3) is 11.2. The van der Waals surface area contributed by atoms with Gasteiger partial charge < -0.3 is 0 Å². The van der Waals surface area contributed by atoms with Crippen molar-refractivity contribution in [2.45, 2.75) is 6.92 Å². The summed E-state index contributed by atoms with van der Waals surface area (Å²) < 4.78 is 0. The Hall–Kier alpha value is 1.53. The van der Waals surface area contributed by atoms with Crippen molar-refractivity contribution in [1.82, 2.24) is 0 Å². The topological polar surface area (TPSA) is 0 Å². The molecule has 0 aliphatic rings. The van der Waals surface area contributed by atoms with E-state index in [0.717, 1.165) is 0 Å². The zero-order chi connectivity index (χ0) is 4.83. The zero-order valence-electron chi connectivity index (χ0n) is 5.02. The maximum Gasteiger partial charge on any atom is 1.00 e. The van der Waals surface area contributed by atoms with Gasteiger partial charge in [0.15, 0.2) is 0 Å². The summed E-state index contributed by atoms with van der Waals surface area (Å²) in [6.07, 6.45) is 7.54. The first-order valence-corrected chi connectivity index (χ1v) is 1.99. The molecule has 0 N–H and O–H groups in total. The molecule has 0 bridgehead atoms. The van der Waals surface area contributed by atoms with Gasteiger partial charge in [-0.2, -0.15) is 0 Å². The van der Waals surface area contributed by atoms with Crippen LogP contribution < -0.4 is 68.9 Å². The van der Waals surface area contributed by atoms with E-state index in [1.165, 1.54) is 0 Å². The molecule has 0 heterocycles. The van der Waals surface area contributed by atoms with Gasteiger partial charge in [0.25, 0.3) is 0 Å². The third-order valence-electron chi connectivity index (χ3n) is 0.440. The molecule has 0 aliphatic carbocycles. The van der Waals surface area contributed by atoms with Crippen molar-refractivity contribution in [2.24, 2.45) is 0 Å². The molecule has 0 saturated heterocycles. The van der Waals surface area contributed by atoms with Crippen molar-refractivity contribution in [3.05, 3.63) is 31.2 Å². The largest absolute Gasteiger partial charge is 1.00 e. The van der Waals surface area contributed by atoms with Gasteiger partial charge in [0.05, 0.1) is 0 Å². The first kappa shape index (κ1) is 11.3. The van der Waals surface area contributed by atoms with Gasteiger partial charge in [0.2, 0.25) is 0 Å². The van der Waals surface area contributed by atoms with E-state index in [9.17, 15) is 0 Å². The van der Waals surface area contributed by atoms with Crippen LogP contribution in [0.15, 0.2) is 24.8 Å². The number of hydrogen-bond acceptors (Lipinski definition) is 0. The number of hydrogen-bond donors (Lipinski definition) is 0. The summed E-state index contributed by atoms with van der Waals surface area (Å²) in [5.41, 5.74) is 0. The van der Waals surface area contributed by atoms with Crippen LogP contribution in [0.5, 0.6) is 0 Å². The molecule has 0 nitrogen and oxygen atoms in total. The van der Waals surface area contributed by atoms with Crippen LogP contribution in [-0.2, 0) is 0 Å². The smallest absolute Gasteiger partial charge is 0.0991 e. The summed E-state index contributed by atoms with van der Waals surface area (Å²) in [6, 6.07) is 0. The fourth-order valence-corrected chi connectivity index (χ4v) is 0.190. The molecule has 0 fully saturated rings. The Balaban J connectivity index is 0. The minimum atomic E-state index is 0. The van der Waals surface area contributed by atoms with Gasteiger partial charge >= 0.3 is 68.9 Å². The summed E-state index contributed by atoms with van der Waals surface area (Å²) in [4.78, 5) is 0.